The molecule has 0 aliphatic carbocycles. The first kappa shape index (κ1) is 22.2. The summed E-state index contributed by atoms with van der Waals surface area (Å²) in [5.41, 5.74) is -0.412. The Bertz CT molecular complexity index is 991. The summed E-state index contributed by atoms with van der Waals surface area (Å²) in [6.45, 7) is 3.02. The molecule has 0 saturated heterocycles. The molecule has 8 heteroatoms. The number of anilines is 3. The second kappa shape index (κ2) is 7.98. The van der Waals surface area contributed by atoms with Crippen LogP contribution in [0.4, 0.5) is 43.4 Å². The van der Waals surface area contributed by atoms with E-state index >= 15 is 0 Å². The minimum absolute atomic E-state index is 0.114. The third kappa shape index (κ3) is 4.98. The van der Waals surface area contributed by atoms with Crippen molar-refractivity contribution in [2.24, 2.45) is 0 Å². The minimum Gasteiger partial charge on any atom is -0.310 e. The highest BCUT2D eigenvalue weighted by atomic mass is 79.9. The molecule has 30 heavy (non-hydrogen) atoms. The van der Waals surface area contributed by atoms with Crippen LogP contribution in [0, 0.1) is 13.8 Å². The standard InChI is InChI=1S/C22H16BrF6N/c1-13-7-15(21(24,25)26)11-19(9-13)30(18-5-3-17(23)4-6-18)20-10-14(2)8-16(12-20)22(27,28)29/h3-12H,1-2H3. The first-order valence-electron chi connectivity index (χ1n) is 8.78. The normalized spacial score (nSPS) is 12.2. The van der Waals surface area contributed by atoms with Crippen LogP contribution >= 0.6 is 15.9 Å². The molecule has 0 atom stereocenters. The Morgan fingerprint density at radius 2 is 1.00 bits per heavy atom. The van der Waals surface area contributed by atoms with Crippen LogP contribution in [0.15, 0.2) is 65.1 Å². The van der Waals surface area contributed by atoms with Gasteiger partial charge in [0.1, 0.15) is 0 Å². The highest BCUT2D eigenvalue weighted by Gasteiger charge is 2.33. The van der Waals surface area contributed by atoms with E-state index in [1.54, 1.807) is 24.3 Å². The molecular weight excluding hydrogens is 472 g/mol. The van der Waals surface area contributed by atoms with E-state index < -0.39 is 23.5 Å². The number of rotatable bonds is 3. The SMILES string of the molecule is Cc1cc(N(c2ccc(Br)cc2)c2cc(C)cc(C(F)(F)F)c2)cc(C(F)(F)F)c1. The Balaban J connectivity index is 2.28. The molecule has 0 radical (unpaired) electrons. The van der Waals surface area contributed by atoms with Gasteiger partial charge in [-0.3, -0.25) is 0 Å². The van der Waals surface area contributed by atoms with Crippen molar-refractivity contribution >= 4 is 33.0 Å². The van der Waals surface area contributed by atoms with Crippen molar-refractivity contribution in [1.82, 2.24) is 0 Å². The topological polar surface area (TPSA) is 3.24 Å². The number of nitrogens with zero attached hydrogens (tertiary/aromatic N) is 1. The molecule has 3 rings (SSSR count). The highest BCUT2D eigenvalue weighted by molar-refractivity contribution is 9.10. The molecule has 158 valence electrons. The van der Waals surface area contributed by atoms with E-state index in [1.165, 1.54) is 30.9 Å². The quantitative estimate of drug-likeness (QED) is 0.334. The summed E-state index contributed by atoms with van der Waals surface area (Å²) in [6.07, 6.45) is -9.17. The predicted molar refractivity (Wildman–Crippen MR) is 108 cm³/mol. The van der Waals surface area contributed by atoms with E-state index in [1.807, 2.05) is 0 Å². The Kier molecular flexibility index (Phi) is 5.91. The third-order valence-electron chi connectivity index (χ3n) is 4.38. The van der Waals surface area contributed by atoms with E-state index in [0.717, 1.165) is 28.7 Å². The van der Waals surface area contributed by atoms with Crippen LogP contribution in [0.2, 0.25) is 0 Å². The maximum absolute atomic E-state index is 13.4. The van der Waals surface area contributed by atoms with Gasteiger partial charge >= 0.3 is 12.4 Å². The van der Waals surface area contributed by atoms with Gasteiger partial charge in [-0.15, -0.1) is 0 Å². The molecule has 0 bridgehead atoms. The molecule has 3 aromatic rings. The van der Waals surface area contributed by atoms with E-state index in [0.29, 0.717) is 16.8 Å². The van der Waals surface area contributed by atoms with Crippen LogP contribution in [-0.2, 0) is 12.4 Å². The summed E-state index contributed by atoms with van der Waals surface area (Å²) in [5, 5.41) is 0. The first-order valence-corrected chi connectivity index (χ1v) is 9.57. The van der Waals surface area contributed by atoms with Crippen molar-refractivity contribution < 1.29 is 26.3 Å². The van der Waals surface area contributed by atoms with Gasteiger partial charge in [-0.1, -0.05) is 15.9 Å². The summed E-state index contributed by atoms with van der Waals surface area (Å²) >= 11 is 3.29. The van der Waals surface area contributed by atoms with Gasteiger partial charge < -0.3 is 4.90 Å². The van der Waals surface area contributed by atoms with Crippen molar-refractivity contribution in [3.05, 3.63) is 87.4 Å². The van der Waals surface area contributed by atoms with Crippen molar-refractivity contribution in [1.29, 1.82) is 0 Å². The van der Waals surface area contributed by atoms with E-state index in [-0.39, 0.29) is 11.4 Å². The number of aryl methyl sites for hydroxylation is 2. The monoisotopic (exact) mass is 487 g/mol. The summed E-state index contributed by atoms with van der Waals surface area (Å²) in [5.74, 6) is 0. The molecule has 0 spiro atoms. The number of alkyl halides is 6. The Hall–Kier alpha value is -2.48. The van der Waals surface area contributed by atoms with Crippen LogP contribution in [0.25, 0.3) is 0 Å². The summed E-state index contributed by atoms with van der Waals surface area (Å²) in [6, 6.07) is 13.5. The number of hydrogen-bond acceptors (Lipinski definition) is 1. The number of benzene rings is 3. The third-order valence-corrected chi connectivity index (χ3v) is 4.91. The van der Waals surface area contributed by atoms with Gasteiger partial charge in [-0.2, -0.15) is 26.3 Å². The fraction of sp³-hybridized carbons (Fsp3) is 0.182. The van der Waals surface area contributed by atoms with Crippen LogP contribution in [0.3, 0.4) is 0 Å². The van der Waals surface area contributed by atoms with E-state index in [9.17, 15) is 26.3 Å². The van der Waals surface area contributed by atoms with Crippen LogP contribution in [0.5, 0.6) is 0 Å². The average molecular weight is 488 g/mol. The highest BCUT2D eigenvalue weighted by Crippen LogP contribution is 2.41. The fourth-order valence-corrected chi connectivity index (χ4v) is 3.41. The summed E-state index contributed by atoms with van der Waals surface area (Å²) in [7, 11) is 0. The molecule has 3 aromatic carbocycles. The Morgan fingerprint density at radius 3 is 1.37 bits per heavy atom. The Labute approximate surface area is 178 Å². The fourth-order valence-electron chi connectivity index (χ4n) is 3.15. The zero-order chi connectivity index (χ0) is 22.3. The van der Waals surface area contributed by atoms with Gasteiger partial charge in [0.05, 0.1) is 11.1 Å². The maximum Gasteiger partial charge on any atom is 0.416 e. The zero-order valence-electron chi connectivity index (χ0n) is 15.9. The first-order chi connectivity index (χ1) is 13.8. The van der Waals surface area contributed by atoms with Crippen molar-refractivity contribution in [2.45, 2.75) is 26.2 Å². The van der Waals surface area contributed by atoms with Gasteiger partial charge in [-0.05, 0) is 85.6 Å². The van der Waals surface area contributed by atoms with Crippen LogP contribution in [0.1, 0.15) is 22.3 Å². The number of halogens is 7. The lowest BCUT2D eigenvalue weighted by Crippen LogP contribution is -2.14. The van der Waals surface area contributed by atoms with Gasteiger partial charge in [0.2, 0.25) is 0 Å². The van der Waals surface area contributed by atoms with Crippen LogP contribution < -0.4 is 4.90 Å². The molecule has 0 fully saturated rings. The Morgan fingerprint density at radius 1 is 0.600 bits per heavy atom. The molecule has 0 amide bonds. The molecule has 0 N–H and O–H groups in total. The predicted octanol–water partition coefficient (Wildman–Crippen LogP) is 8.57. The van der Waals surface area contributed by atoms with E-state index in [4.69, 9.17) is 0 Å². The summed E-state index contributed by atoms with van der Waals surface area (Å²) < 4.78 is 81.0. The smallest absolute Gasteiger partial charge is 0.310 e. The molecular formula is C22H16BrF6N. The zero-order valence-corrected chi connectivity index (χ0v) is 17.5. The van der Waals surface area contributed by atoms with Gasteiger partial charge in [0.25, 0.3) is 0 Å². The lowest BCUT2D eigenvalue weighted by molar-refractivity contribution is -0.138. The van der Waals surface area contributed by atoms with Crippen molar-refractivity contribution in [3.63, 3.8) is 0 Å². The summed E-state index contributed by atoms with van der Waals surface area (Å²) in [4.78, 5) is 1.39. The van der Waals surface area contributed by atoms with Gasteiger partial charge in [0, 0.05) is 21.5 Å². The molecule has 0 aliphatic rings. The van der Waals surface area contributed by atoms with Crippen molar-refractivity contribution in [2.75, 3.05) is 4.90 Å². The largest absolute Gasteiger partial charge is 0.416 e. The van der Waals surface area contributed by atoms with E-state index in [2.05, 4.69) is 15.9 Å². The second-order valence-electron chi connectivity index (χ2n) is 6.92. The lowest BCUT2D eigenvalue weighted by atomic mass is 10.1. The average Bonchev–Trinajstić information content (AvgIpc) is 2.61. The lowest BCUT2D eigenvalue weighted by Gasteiger charge is -2.28. The second-order valence-corrected chi connectivity index (χ2v) is 7.84. The maximum atomic E-state index is 13.4. The molecule has 0 saturated carbocycles. The number of hydrogen-bond donors (Lipinski definition) is 0. The molecule has 0 unspecified atom stereocenters. The minimum atomic E-state index is -4.59. The van der Waals surface area contributed by atoms with Crippen molar-refractivity contribution in [3.8, 4) is 0 Å². The molecule has 0 aliphatic heterocycles. The molecule has 1 nitrogen and oxygen atoms in total. The molecule has 0 heterocycles. The van der Waals surface area contributed by atoms with Crippen LogP contribution in [-0.4, -0.2) is 0 Å². The van der Waals surface area contributed by atoms with Gasteiger partial charge in [-0.25, -0.2) is 0 Å². The molecule has 0 aromatic heterocycles. The van der Waals surface area contributed by atoms with Gasteiger partial charge in [0.15, 0.2) is 0 Å².